The summed E-state index contributed by atoms with van der Waals surface area (Å²) < 4.78 is 43.1. The van der Waals surface area contributed by atoms with Crippen molar-refractivity contribution in [2.45, 2.75) is 62.9 Å². The Balaban J connectivity index is 1.86. The smallest absolute Gasteiger partial charge is 0.289 e. The van der Waals surface area contributed by atoms with Gasteiger partial charge in [0.05, 0.1) is 11.0 Å². The van der Waals surface area contributed by atoms with Crippen molar-refractivity contribution in [3.05, 3.63) is 96.9 Å². The fourth-order valence-electron chi connectivity index (χ4n) is 3.69. The first-order chi connectivity index (χ1) is 18.6. The summed E-state index contributed by atoms with van der Waals surface area (Å²) >= 11 is 7.31. The van der Waals surface area contributed by atoms with Crippen molar-refractivity contribution in [2.75, 3.05) is 6.54 Å². The average molecular weight is 715 g/mol. The second kappa shape index (κ2) is 13.3. The molecular formula is C28H34Br2N2O6SSi. The summed E-state index contributed by atoms with van der Waals surface area (Å²) in [7, 11) is -6.50. The number of para-hydroxylation sites is 1. The molecule has 0 saturated heterocycles. The fourth-order valence-corrected chi connectivity index (χ4v) is 7.75. The molecule has 3 aromatic rings. The maximum Gasteiger partial charge on any atom is 0.289 e. The summed E-state index contributed by atoms with van der Waals surface area (Å²) in [6.45, 7) is 10.9. The van der Waals surface area contributed by atoms with E-state index in [2.05, 4.69) is 70.4 Å². The predicted molar refractivity (Wildman–Crippen MR) is 167 cm³/mol. The molecule has 0 aliphatic heterocycles. The van der Waals surface area contributed by atoms with Crippen LogP contribution in [0.1, 0.15) is 31.9 Å². The summed E-state index contributed by atoms with van der Waals surface area (Å²) in [6, 6.07) is 18.9. The molecule has 3 aromatic carbocycles. The Kier molecular flexibility index (Phi) is 10.7. The van der Waals surface area contributed by atoms with E-state index in [0.29, 0.717) is 18.8 Å². The number of nitrogens with zero attached hydrogens (tertiary/aromatic N) is 1. The summed E-state index contributed by atoms with van der Waals surface area (Å²) in [5.41, 5.74) is 1.46. The van der Waals surface area contributed by atoms with Crippen molar-refractivity contribution in [3.8, 4) is 5.75 Å². The molecule has 216 valence electrons. The van der Waals surface area contributed by atoms with Gasteiger partial charge < -0.3 is 9.16 Å². The van der Waals surface area contributed by atoms with E-state index >= 15 is 0 Å². The highest BCUT2D eigenvalue weighted by Crippen LogP contribution is 2.39. The van der Waals surface area contributed by atoms with Gasteiger partial charge in [-0.1, -0.05) is 95.1 Å². The van der Waals surface area contributed by atoms with Crippen molar-refractivity contribution in [1.82, 2.24) is 4.72 Å². The molecule has 0 amide bonds. The van der Waals surface area contributed by atoms with E-state index in [9.17, 15) is 18.5 Å². The number of benzene rings is 3. The van der Waals surface area contributed by atoms with Gasteiger partial charge in [0.2, 0.25) is 10.0 Å². The molecule has 1 atom stereocenters. The highest BCUT2D eigenvalue weighted by atomic mass is 79.9. The van der Waals surface area contributed by atoms with Crippen LogP contribution in [0, 0.1) is 10.1 Å². The first-order valence-electron chi connectivity index (χ1n) is 12.7. The third-order valence-electron chi connectivity index (χ3n) is 6.91. The monoisotopic (exact) mass is 712 g/mol. The van der Waals surface area contributed by atoms with Crippen molar-refractivity contribution in [1.29, 1.82) is 0 Å². The van der Waals surface area contributed by atoms with Gasteiger partial charge in [0.1, 0.15) is 12.4 Å². The quantitative estimate of drug-likeness (QED) is 0.118. The zero-order chi connectivity index (χ0) is 29.7. The van der Waals surface area contributed by atoms with Crippen molar-refractivity contribution < 1.29 is 22.5 Å². The number of nitro benzene ring substituents is 1. The molecule has 0 aliphatic carbocycles. The van der Waals surface area contributed by atoms with Gasteiger partial charge >= 0.3 is 0 Å². The Morgan fingerprint density at radius 3 is 2.15 bits per heavy atom. The lowest BCUT2D eigenvalue weighted by molar-refractivity contribution is -0.387. The van der Waals surface area contributed by atoms with Crippen molar-refractivity contribution in [2.24, 2.45) is 0 Å². The van der Waals surface area contributed by atoms with E-state index in [1.165, 1.54) is 24.3 Å². The minimum absolute atomic E-state index is 0.0635. The van der Waals surface area contributed by atoms with Crippen molar-refractivity contribution >= 4 is 55.9 Å². The van der Waals surface area contributed by atoms with Crippen LogP contribution in [-0.4, -0.2) is 34.3 Å². The molecule has 40 heavy (non-hydrogen) atoms. The summed E-state index contributed by atoms with van der Waals surface area (Å²) in [4.78, 5) is 10.4. The van der Waals surface area contributed by atoms with Gasteiger partial charge in [0, 0.05) is 28.0 Å². The second-order valence-corrected chi connectivity index (χ2v) is 19.1. The number of rotatable bonds is 12. The summed E-state index contributed by atoms with van der Waals surface area (Å²) in [5, 5.41) is 11.3. The van der Waals surface area contributed by atoms with Crippen LogP contribution in [0.25, 0.3) is 0 Å². The SMILES string of the molecule is CC(C)(C)[Si](C)(C)O[C@H](CNS(=O)(=O)c1ccccc1[N+](=O)[O-])Cc1c(Br)cc(OCc2ccccc2)cc1Br. The predicted octanol–water partition coefficient (Wildman–Crippen LogP) is 7.61. The normalized spacial score (nSPS) is 13.2. The molecule has 12 heteroatoms. The summed E-state index contributed by atoms with van der Waals surface area (Å²) in [5.74, 6) is 0.672. The minimum atomic E-state index is -4.17. The zero-order valence-corrected chi connectivity index (χ0v) is 28.1. The van der Waals surface area contributed by atoms with E-state index in [0.717, 1.165) is 20.1 Å². The molecule has 0 radical (unpaired) electrons. The molecule has 0 saturated carbocycles. The standard InChI is InChI=1S/C28H34Br2N2O6SSi/c1-28(2,3)40(4,5)38-22(18-31-39(35,36)27-14-10-9-13-26(27)32(33)34)15-23-24(29)16-21(17-25(23)30)37-19-20-11-7-6-8-12-20/h6-14,16-17,22,31H,15,18-19H2,1-5H3/t22-/m0/s1. The van der Waals surface area contributed by atoms with Gasteiger partial charge in [-0.3, -0.25) is 10.1 Å². The molecule has 0 aromatic heterocycles. The van der Waals surface area contributed by atoms with Crippen LogP contribution in [0.5, 0.6) is 5.75 Å². The molecule has 0 bridgehead atoms. The van der Waals surface area contributed by atoms with Crippen LogP contribution in [0.4, 0.5) is 5.69 Å². The maximum atomic E-state index is 13.1. The van der Waals surface area contributed by atoms with Gasteiger partial charge in [-0.05, 0) is 47.5 Å². The maximum absolute atomic E-state index is 13.1. The highest BCUT2D eigenvalue weighted by Gasteiger charge is 2.40. The molecular weight excluding hydrogens is 680 g/mol. The number of sulfonamides is 1. The second-order valence-electron chi connectivity index (χ2n) is 10.9. The van der Waals surface area contributed by atoms with Gasteiger partial charge in [-0.25, -0.2) is 13.1 Å². The number of hydrogen-bond acceptors (Lipinski definition) is 6. The Bertz CT molecular complexity index is 1420. The first kappa shape index (κ1) is 32.4. The first-order valence-corrected chi connectivity index (χ1v) is 18.6. The van der Waals surface area contributed by atoms with E-state index < -0.39 is 35.1 Å². The number of halogens is 2. The van der Waals surface area contributed by atoms with E-state index in [1.54, 1.807) is 0 Å². The number of hydrogen-bond donors (Lipinski definition) is 1. The molecule has 0 heterocycles. The number of ether oxygens (including phenoxy) is 1. The van der Waals surface area contributed by atoms with Crippen LogP contribution in [-0.2, 0) is 27.5 Å². The lowest BCUT2D eigenvalue weighted by Gasteiger charge is -2.39. The van der Waals surface area contributed by atoms with Gasteiger partial charge in [-0.15, -0.1) is 0 Å². The topological polar surface area (TPSA) is 108 Å². The molecule has 0 unspecified atom stereocenters. The van der Waals surface area contributed by atoms with E-state index in [4.69, 9.17) is 9.16 Å². The summed E-state index contributed by atoms with van der Waals surface area (Å²) in [6.07, 6.45) is -0.159. The third kappa shape index (κ3) is 8.46. The van der Waals surface area contributed by atoms with Gasteiger partial charge in [0.25, 0.3) is 5.69 Å². The lowest BCUT2D eigenvalue weighted by Crippen LogP contribution is -2.47. The van der Waals surface area contributed by atoms with Crippen LogP contribution < -0.4 is 9.46 Å². The zero-order valence-electron chi connectivity index (χ0n) is 23.1. The van der Waals surface area contributed by atoms with E-state index in [-0.39, 0.29) is 16.5 Å². The Hall–Kier alpha value is -2.09. The largest absolute Gasteiger partial charge is 0.489 e. The Morgan fingerprint density at radius 2 is 1.57 bits per heavy atom. The van der Waals surface area contributed by atoms with Crippen LogP contribution >= 0.6 is 31.9 Å². The number of nitrogens with one attached hydrogen (secondary N) is 1. The Morgan fingerprint density at radius 1 is 1.00 bits per heavy atom. The van der Waals surface area contributed by atoms with Gasteiger partial charge in [0.15, 0.2) is 13.2 Å². The molecule has 0 fully saturated rings. The molecule has 0 aliphatic rings. The third-order valence-corrected chi connectivity index (χ3v) is 14.3. The van der Waals surface area contributed by atoms with Crippen molar-refractivity contribution in [3.63, 3.8) is 0 Å². The average Bonchev–Trinajstić information content (AvgIpc) is 2.88. The van der Waals surface area contributed by atoms with Crippen LogP contribution in [0.3, 0.4) is 0 Å². The fraction of sp³-hybridized carbons (Fsp3) is 0.357. The van der Waals surface area contributed by atoms with E-state index in [1.807, 2.05) is 42.5 Å². The van der Waals surface area contributed by atoms with Crippen LogP contribution in [0.15, 0.2) is 80.6 Å². The molecule has 8 nitrogen and oxygen atoms in total. The molecule has 0 spiro atoms. The Labute approximate surface area is 254 Å². The lowest BCUT2D eigenvalue weighted by atomic mass is 10.1. The minimum Gasteiger partial charge on any atom is -0.489 e. The van der Waals surface area contributed by atoms with Gasteiger partial charge in [-0.2, -0.15) is 0 Å². The highest BCUT2D eigenvalue weighted by molar-refractivity contribution is 9.11. The molecule has 3 rings (SSSR count). The van der Waals surface area contributed by atoms with Crippen LogP contribution in [0.2, 0.25) is 18.1 Å². The number of nitro groups is 1. The molecule has 1 N–H and O–H groups in total.